The molecule has 11 nitrogen and oxygen atoms in total. The Morgan fingerprint density at radius 2 is 2.03 bits per heavy atom. The van der Waals surface area contributed by atoms with Gasteiger partial charge in [-0.05, 0) is 17.7 Å². The predicted molar refractivity (Wildman–Crippen MR) is 124 cm³/mol. The number of fused-ring (bicyclic) bond motifs is 1. The Kier molecular flexibility index (Phi) is 5.85. The third-order valence-corrected chi connectivity index (χ3v) is 5.39. The highest BCUT2D eigenvalue weighted by Crippen LogP contribution is 2.20. The molecule has 4 aromatic rings. The Bertz CT molecular complexity index is 1260. The average molecular weight is 448 g/mol. The van der Waals surface area contributed by atoms with Gasteiger partial charge in [-0.1, -0.05) is 19.1 Å². The normalized spacial score (nSPS) is 13.9. The topological polar surface area (TPSA) is 115 Å². The standard InChI is InChI=1S/C22H25N9O2/c1-2-20(32)28-31-15-18(13-25-31)26-22-23-11-17-12-24-30(21(17)27-22)14-16-4-3-5-19(10-16)29-6-8-33-9-7-29/h3-5,10-13,15H,2,6-9,14H2,1H3,(H,28,32)(H,23,26,27). The Morgan fingerprint density at radius 1 is 1.15 bits per heavy atom. The van der Waals surface area contributed by atoms with Gasteiger partial charge in [-0.25, -0.2) is 15.1 Å². The zero-order valence-corrected chi connectivity index (χ0v) is 18.3. The summed E-state index contributed by atoms with van der Waals surface area (Å²) in [6.07, 6.45) is 7.14. The fraction of sp³-hybridized carbons (Fsp3) is 0.318. The Labute approximate surface area is 190 Å². The number of rotatable bonds is 7. The number of ether oxygens (including phenoxy) is 1. The van der Waals surface area contributed by atoms with Gasteiger partial charge in [-0.2, -0.15) is 20.0 Å². The molecule has 1 amide bonds. The summed E-state index contributed by atoms with van der Waals surface area (Å²) in [6.45, 7) is 5.68. The zero-order valence-electron chi connectivity index (χ0n) is 18.3. The van der Waals surface area contributed by atoms with Gasteiger partial charge in [0, 0.05) is 31.4 Å². The molecule has 0 aliphatic carbocycles. The van der Waals surface area contributed by atoms with E-state index in [1.54, 1.807) is 31.7 Å². The highest BCUT2D eigenvalue weighted by molar-refractivity contribution is 5.83. The molecule has 11 heteroatoms. The van der Waals surface area contributed by atoms with Crippen LogP contribution in [0.15, 0.2) is 49.1 Å². The van der Waals surface area contributed by atoms with Crippen LogP contribution in [-0.4, -0.2) is 61.8 Å². The molecule has 3 aromatic heterocycles. The number of carbonyl (C=O) groups excluding carboxylic acids is 1. The number of morpholine rings is 1. The number of hydrogen-bond donors (Lipinski definition) is 2. The molecular weight excluding hydrogens is 422 g/mol. The van der Waals surface area contributed by atoms with Crippen molar-refractivity contribution in [1.29, 1.82) is 0 Å². The van der Waals surface area contributed by atoms with Crippen LogP contribution in [-0.2, 0) is 16.1 Å². The summed E-state index contributed by atoms with van der Waals surface area (Å²) in [5.74, 6) is 0.302. The lowest BCUT2D eigenvalue weighted by Gasteiger charge is -2.29. The van der Waals surface area contributed by atoms with Gasteiger partial charge in [-0.15, -0.1) is 0 Å². The van der Waals surface area contributed by atoms with Crippen LogP contribution in [0, 0.1) is 0 Å². The van der Waals surface area contributed by atoms with E-state index in [2.05, 4.69) is 60.1 Å². The first-order chi connectivity index (χ1) is 16.2. The van der Waals surface area contributed by atoms with Crippen molar-refractivity contribution >= 4 is 34.3 Å². The molecule has 1 saturated heterocycles. The number of nitrogens with one attached hydrogen (secondary N) is 2. The van der Waals surface area contributed by atoms with Crippen LogP contribution < -0.4 is 15.6 Å². The third kappa shape index (κ3) is 4.77. The monoisotopic (exact) mass is 447 g/mol. The van der Waals surface area contributed by atoms with E-state index in [-0.39, 0.29) is 5.91 Å². The summed E-state index contributed by atoms with van der Waals surface area (Å²) in [4.78, 5) is 24.2. The van der Waals surface area contributed by atoms with Crippen molar-refractivity contribution in [1.82, 2.24) is 29.6 Å². The number of benzene rings is 1. The van der Waals surface area contributed by atoms with Crippen LogP contribution in [0.25, 0.3) is 11.0 Å². The SMILES string of the molecule is CCC(=O)Nn1cc(Nc2ncc3cnn(Cc4cccc(N5CCOCC5)c4)c3n2)cn1. The van der Waals surface area contributed by atoms with Gasteiger partial charge in [0.15, 0.2) is 5.65 Å². The molecule has 0 atom stereocenters. The number of nitrogens with zero attached hydrogens (tertiary/aromatic N) is 7. The van der Waals surface area contributed by atoms with Crippen molar-refractivity contribution in [3.8, 4) is 0 Å². The van der Waals surface area contributed by atoms with Gasteiger partial charge < -0.3 is 15.0 Å². The highest BCUT2D eigenvalue weighted by Gasteiger charge is 2.13. The maximum Gasteiger partial charge on any atom is 0.239 e. The lowest BCUT2D eigenvalue weighted by Crippen LogP contribution is -2.36. The molecule has 2 N–H and O–H groups in total. The largest absolute Gasteiger partial charge is 0.378 e. The molecular formula is C22H25N9O2. The molecule has 4 heterocycles. The van der Waals surface area contributed by atoms with E-state index < -0.39 is 0 Å². The third-order valence-electron chi connectivity index (χ3n) is 5.39. The van der Waals surface area contributed by atoms with Crippen LogP contribution in [0.1, 0.15) is 18.9 Å². The minimum atomic E-state index is -0.121. The van der Waals surface area contributed by atoms with Gasteiger partial charge in [0.1, 0.15) is 0 Å². The van der Waals surface area contributed by atoms with Gasteiger partial charge in [-0.3, -0.25) is 4.79 Å². The summed E-state index contributed by atoms with van der Waals surface area (Å²) in [6, 6.07) is 8.49. The zero-order chi connectivity index (χ0) is 22.6. The summed E-state index contributed by atoms with van der Waals surface area (Å²) in [5, 5.41) is 12.6. The van der Waals surface area contributed by atoms with Crippen LogP contribution in [0.2, 0.25) is 0 Å². The van der Waals surface area contributed by atoms with Gasteiger partial charge in [0.2, 0.25) is 11.9 Å². The maximum atomic E-state index is 11.5. The first kappa shape index (κ1) is 20.9. The number of anilines is 3. The minimum absolute atomic E-state index is 0.121. The molecule has 33 heavy (non-hydrogen) atoms. The number of amides is 1. The van der Waals surface area contributed by atoms with E-state index in [1.165, 1.54) is 10.5 Å². The van der Waals surface area contributed by atoms with Crippen molar-refractivity contribution in [2.24, 2.45) is 0 Å². The fourth-order valence-corrected chi connectivity index (χ4v) is 3.67. The molecule has 1 aliphatic rings. The predicted octanol–water partition coefficient (Wildman–Crippen LogP) is 2.13. The summed E-state index contributed by atoms with van der Waals surface area (Å²) in [5.41, 5.74) is 6.38. The fourth-order valence-electron chi connectivity index (χ4n) is 3.67. The lowest BCUT2D eigenvalue weighted by molar-refractivity contribution is -0.116. The van der Waals surface area contributed by atoms with E-state index in [0.29, 0.717) is 24.6 Å². The molecule has 0 radical (unpaired) electrons. The van der Waals surface area contributed by atoms with E-state index in [9.17, 15) is 4.79 Å². The first-order valence-electron chi connectivity index (χ1n) is 10.9. The van der Waals surface area contributed by atoms with E-state index in [1.807, 2.05) is 4.68 Å². The van der Waals surface area contributed by atoms with Gasteiger partial charge >= 0.3 is 0 Å². The van der Waals surface area contributed by atoms with E-state index in [4.69, 9.17) is 4.74 Å². The molecule has 0 spiro atoms. The molecule has 1 fully saturated rings. The lowest BCUT2D eigenvalue weighted by atomic mass is 10.2. The van der Waals surface area contributed by atoms with Crippen molar-refractivity contribution < 1.29 is 9.53 Å². The second-order valence-electron chi connectivity index (χ2n) is 7.73. The molecule has 5 rings (SSSR count). The van der Waals surface area contributed by atoms with Crippen LogP contribution >= 0.6 is 0 Å². The second-order valence-corrected chi connectivity index (χ2v) is 7.73. The Balaban J connectivity index is 1.33. The minimum Gasteiger partial charge on any atom is -0.378 e. The van der Waals surface area contributed by atoms with Gasteiger partial charge in [0.25, 0.3) is 0 Å². The molecule has 0 unspecified atom stereocenters. The van der Waals surface area contributed by atoms with E-state index in [0.717, 1.165) is 42.9 Å². The smallest absolute Gasteiger partial charge is 0.239 e. The van der Waals surface area contributed by atoms with Crippen molar-refractivity contribution in [2.75, 3.05) is 41.9 Å². The van der Waals surface area contributed by atoms with Crippen LogP contribution in [0.4, 0.5) is 17.3 Å². The van der Waals surface area contributed by atoms with Crippen molar-refractivity contribution in [2.45, 2.75) is 19.9 Å². The molecule has 1 aromatic carbocycles. The molecule has 1 aliphatic heterocycles. The van der Waals surface area contributed by atoms with Crippen LogP contribution in [0.3, 0.4) is 0 Å². The maximum absolute atomic E-state index is 11.5. The quantitative estimate of drug-likeness (QED) is 0.443. The summed E-state index contributed by atoms with van der Waals surface area (Å²) in [7, 11) is 0. The molecule has 0 saturated carbocycles. The Morgan fingerprint density at radius 3 is 2.88 bits per heavy atom. The Hall–Kier alpha value is -3.99. The first-order valence-corrected chi connectivity index (χ1v) is 10.9. The van der Waals surface area contributed by atoms with Crippen LogP contribution in [0.5, 0.6) is 0 Å². The molecule has 0 bridgehead atoms. The number of carbonyl (C=O) groups is 1. The molecule has 170 valence electrons. The van der Waals surface area contributed by atoms with E-state index >= 15 is 0 Å². The average Bonchev–Trinajstić information content (AvgIpc) is 3.46. The highest BCUT2D eigenvalue weighted by atomic mass is 16.5. The number of hydrogen-bond acceptors (Lipinski definition) is 8. The number of aromatic nitrogens is 6. The van der Waals surface area contributed by atoms with Gasteiger partial charge in [0.05, 0.1) is 49.4 Å². The summed E-state index contributed by atoms with van der Waals surface area (Å²) >= 11 is 0. The second kappa shape index (κ2) is 9.25. The van der Waals surface area contributed by atoms with Crippen molar-refractivity contribution in [3.05, 3.63) is 54.6 Å². The van der Waals surface area contributed by atoms with Crippen molar-refractivity contribution in [3.63, 3.8) is 0 Å². The summed E-state index contributed by atoms with van der Waals surface area (Å²) < 4.78 is 7.33.